The van der Waals surface area contributed by atoms with E-state index in [2.05, 4.69) is 5.32 Å². The van der Waals surface area contributed by atoms with E-state index in [9.17, 15) is 14.9 Å². The molecule has 1 atom stereocenters. The molecule has 0 aliphatic rings. The van der Waals surface area contributed by atoms with Gasteiger partial charge in [0, 0.05) is 11.3 Å². The van der Waals surface area contributed by atoms with Crippen LogP contribution in [0, 0.1) is 38.0 Å². The van der Waals surface area contributed by atoms with Crippen molar-refractivity contribution in [2.75, 3.05) is 5.32 Å². The molecule has 0 bridgehead atoms. The molecule has 4 nitrogen and oxygen atoms in total. The third-order valence-corrected chi connectivity index (χ3v) is 3.45. The lowest BCUT2D eigenvalue weighted by atomic mass is 9.95. The molecule has 2 aromatic carbocycles. The number of ketones is 1. The fourth-order valence-corrected chi connectivity index (χ4v) is 2.46. The Bertz CT molecular complexity index is 783. The van der Waals surface area contributed by atoms with Gasteiger partial charge in [-0.15, -0.1) is 0 Å². The first kappa shape index (κ1) is 16.4. The molecule has 0 saturated carbocycles. The summed E-state index contributed by atoms with van der Waals surface area (Å²) in [5.74, 6) is -2.46. The molecular formula is C19H18N2O2. The Hall–Kier alpha value is -2.93. The Kier molecular flexibility index (Phi) is 4.92. The number of carbonyl (C=O) groups excluding carboxylic acids is 2. The molecule has 0 heterocycles. The minimum atomic E-state index is -1.36. The first-order valence-electron chi connectivity index (χ1n) is 7.30. The highest BCUT2D eigenvalue weighted by atomic mass is 16.2. The molecule has 1 N–H and O–H groups in total. The van der Waals surface area contributed by atoms with Gasteiger partial charge >= 0.3 is 0 Å². The van der Waals surface area contributed by atoms with Crippen molar-refractivity contribution in [3.05, 3.63) is 64.7 Å². The van der Waals surface area contributed by atoms with Gasteiger partial charge < -0.3 is 5.32 Å². The van der Waals surface area contributed by atoms with Gasteiger partial charge in [-0.25, -0.2) is 0 Å². The largest absolute Gasteiger partial charge is 0.325 e. The Morgan fingerprint density at radius 1 is 1.00 bits per heavy atom. The number of hydrogen-bond donors (Lipinski definition) is 1. The summed E-state index contributed by atoms with van der Waals surface area (Å²) in [6.45, 7) is 5.65. The van der Waals surface area contributed by atoms with Crippen LogP contribution in [-0.4, -0.2) is 11.7 Å². The highest BCUT2D eigenvalue weighted by Crippen LogP contribution is 2.16. The summed E-state index contributed by atoms with van der Waals surface area (Å²) in [6, 6.07) is 14.3. The third-order valence-electron chi connectivity index (χ3n) is 3.45. The van der Waals surface area contributed by atoms with Crippen LogP contribution in [0.15, 0.2) is 42.5 Å². The van der Waals surface area contributed by atoms with Crippen LogP contribution < -0.4 is 5.32 Å². The molecule has 0 unspecified atom stereocenters. The summed E-state index contributed by atoms with van der Waals surface area (Å²) < 4.78 is 0. The molecule has 1 amide bonds. The molecule has 0 spiro atoms. The van der Waals surface area contributed by atoms with Gasteiger partial charge in [0.15, 0.2) is 11.7 Å². The van der Waals surface area contributed by atoms with Crippen molar-refractivity contribution in [1.29, 1.82) is 5.26 Å². The maximum absolute atomic E-state index is 12.5. The summed E-state index contributed by atoms with van der Waals surface area (Å²) in [4.78, 5) is 24.8. The number of nitriles is 1. The van der Waals surface area contributed by atoms with Crippen LogP contribution in [0.25, 0.3) is 0 Å². The number of rotatable bonds is 4. The highest BCUT2D eigenvalue weighted by molar-refractivity contribution is 6.15. The van der Waals surface area contributed by atoms with Crippen molar-refractivity contribution < 1.29 is 9.59 Å². The zero-order chi connectivity index (χ0) is 17.0. The second kappa shape index (κ2) is 6.89. The van der Waals surface area contributed by atoms with E-state index < -0.39 is 17.6 Å². The standard InChI is InChI=1S/C19H18N2O2/c1-12-5-4-6-16(10-12)21-19(23)17(11-20)18(22)15-8-13(2)7-14(3)9-15/h4-10,17H,1-3H3,(H,21,23)/t17-/m1/s1. The van der Waals surface area contributed by atoms with E-state index in [0.29, 0.717) is 11.3 Å². The smallest absolute Gasteiger partial charge is 0.249 e. The van der Waals surface area contributed by atoms with Crippen molar-refractivity contribution >= 4 is 17.4 Å². The fraction of sp³-hybridized carbons (Fsp3) is 0.211. The maximum Gasteiger partial charge on any atom is 0.249 e. The molecule has 4 heteroatoms. The minimum Gasteiger partial charge on any atom is -0.325 e. The lowest BCUT2D eigenvalue weighted by Gasteiger charge is -2.11. The van der Waals surface area contributed by atoms with Crippen molar-refractivity contribution in [3.63, 3.8) is 0 Å². The Morgan fingerprint density at radius 3 is 2.22 bits per heavy atom. The molecular weight excluding hydrogens is 288 g/mol. The minimum absolute atomic E-state index is 0.383. The van der Waals surface area contributed by atoms with Gasteiger partial charge in [0.1, 0.15) is 0 Å². The summed E-state index contributed by atoms with van der Waals surface area (Å²) in [7, 11) is 0. The number of hydrogen-bond acceptors (Lipinski definition) is 3. The number of amides is 1. The predicted octanol–water partition coefficient (Wildman–Crippen LogP) is 3.57. The number of anilines is 1. The van der Waals surface area contributed by atoms with Crippen LogP contribution in [0.3, 0.4) is 0 Å². The molecule has 0 aromatic heterocycles. The lowest BCUT2D eigenvalue weighted by Crippen LogP contribution is -2.28. The summed E-state index contributed by atoms with van der Waals surface area (Å²) in [6.07, 6.45) is 0. The van der Waals surface area contributed by atoms with Gasteiger partial charge in [-0.05, 0) is 50.6 Å². The van der Waals surface area contributed by atoms with Crippen LogP contribution in [0.2, 0.25) is 0 Å². The number of nitrogens with zero attached hydrogens (tertiary/aromatic N) is 1. The van der Waals surface area contributed by atoms with E-state index in [1.165, 1.54) is 0 Å². The van der Waals surface area contributed by atoms with E-state index >= 15 is 0 Å². The van der Waals surface area contributed by atoms with Crippen LogP contribution >= 0.6 is 0 Å². The number of aryl methyl sites for hydroxylation is 3. The fourth-order valence-electron chi connectivity index (χ4n) is 2.46. The van der Waals surface area contributed by atoms with E-state index in [1.54, 1.807) is 30.3 Å². The quantitative estimate of drug-likeness (QED) is 0.693. The van der Waals surface area contributed by atoms with E-state index in [1.807, 2.05) is 39.0 Å². The van der Waals surface area contributed by atoms with Gasteiger partial charge in [0.25, 0.3) is 0 Å². The maximum atomic E-state index is 12.5. The second-order valence-corrected chi connectivity index (χ2v) is 5.66. The zero-order valence-electron chi connectivity index (χ0n) is 13.4. The topological polar surface area (TPSA) is 70.0 Å². The first-order chi connectivity index (χ1) is 10.9. The van der Waals surface area contributed by atoms with Crippen LogP contribution in [0.5, 0.6) is 0 Å². The van der Waals surface area contributed by atoms with Crippen LogP contribution in [0.4, 0.5) is 5.69 Å². The normalized spacial score (nSPS) is 11.4. The third kappa shape index (κ3) is 4.04. The average Bonchev–Trinajstić information content (AvgIpc) is 2.46. The zero-order valence-corrected chi connectivity index (χ0v) is 13.4. The van der Waals surface area contributed by atoms with Crippen molar-refractivity contribution in [2.45, 2.75) is 20.8 Å². The van der Waals surface area contributed by atoms with E-state index in [4.69, 9.17) is 0 Å². The Morgan fingerprint density at radius 2 is 1.65 bits per heavy atom. The molecule has 2 aromatic rings. The SMILES string of the molecule is Cc1cccc(NC(=O)[C@H](C#N)C(=O)c2cc(C)cc(C)c2)c1. The molecule has 0 saturated heterocycles. The Labute approximate surface area is 135 Å². The number of benzene rings is 2. The van der Waals surface area contributed by atoms with Crippen molar-refractivity contribution in [2.24, 2.45) is 5.92 Å². The number of Topliss-reactive ketones (excluding diaryl/α,β-unsaturated/α-hetero) is 1. The molecule has 0 fully saturated rings. The highest BCUT2D eigenvalue weighted by Gasteiger charge is 2.27. The lowest BCUT2D eigenvalue weighted by molar-refractivity contribution is -0.117. The van der Waals surface area contributed by atoms with Crippen molar-refractivity contribution in [1.82, 2.24) is 0 Å². The first-order valence-corrected chi connectivity index (χ1v) is 7.30. The molecule has 0 radical (unpaired) electrons. The van der Waals surface area contributed by atoms with Gasteiger partial charge in [-0.2, -0.15) is 5.26 Å². The molecule has 0 aliphatic heterocycles. The summed E-state index contributed by atoms with van der Waals surface area (Å²) in [5, 5.41) is 11.9. The van der Waals surface area contributed by atoms with Crippen LogP contribution in [-0.2, 0) is 4.79 Å². The number of nitrogens with one attached hydrogen (secondary N) is 1. The summed E-state index contributed by atoms with van der Waals surface area (Å²) >= 11 is 0. The van der Waals surface area contributed by atoms with E-state index in [0.717, 1.165) is 16.7 Å². The van der Waals surface area contributed by atoms with E-state index in [-0.39, 0.29) is 0 Å². The van der Waals surface area contributed by atoms with Gasteiger partial charge in [-0.1, -0.05) is 29.3 Å². The van der Waals surface area contributed by atoms with Crippen molar-refractivity contribution in [3.8, 4) is 6.07 Å². The molecule has 116 valence electrons. The monoisotopic (exact) mass is 306 g/mol. The van der Waals surface area contributed by atoms with Gasteiger partial charge in [0.05, 0.1) is 6.07 Å². The molecule has 0 aliphatic carbocycles. The van der Waals surface area contributed by atoms with Crippen LogP contribution in [0.1, 0.15) is 27.0 Å². The number of carbonyl (C=O) groups is 2. The predicted molar refractivity (Wildman–Crippen MR) is 89.2 cm³/mol. The van der Waals surface area contributed by atoms with Gasteiger partial charge in [-0.3, -0.25) is 9.59 Å². The Balaban J connectivity index is 2.23. The average molecular weight is 306 g/mol. The second-order valence-electron chi connectivity index (χ2n) is 5.66. The summed E-state index contributed by atoms with van der Waals surface area (Å²) in [5.41, 5.74) is 3.78. The van der Waals surface area contributed by atoms with Gasteiger partial charge in [0.2, 0.25) is 5.91 Å². The molecule has 23 heavy (non-hydrogen) atoms. The molecule has 2 rings (SSSR count).